The predicted molar refractivity (Wildman–Crippen MR) is 55.4 cm³/mol. The van der Waals surface area contributed by atoms with E-state index in [1.165, 1.54) is 0 Å². The molecule has 76 valence electrons. The van der Waals surface area contributed by atoms with Crippen LogP contribution in [0.3, 0.4) is 0 Å². The average molecular weight is 182 g/mol. The van der Waals surface area contributed by atoms with E-state index in [-0.39, 0.29) is 0 Å². The highest BCUT2D eigenvalue weighted by molar-refractivity contribution is 5.83. The Bertz CT molecular complexity index is 193. The van der Waals surface area contributed by atoms with E-state index in [1.807, 2.05) is 0 Å². The maximum atomic E-state index is 11.6. The first-order chi connectivity index (χ1) is 5.95. The van der Waals surface area contributed by atoms with Crippen LogP contribution in [0.1, 0.15) is 41.0 Å². The first-order valence-corrected chi connectivity index (χ1v) is 5.47. The summed E-state index contributed by atoms with van der Waals surface area (Å²) in [5.41, 5.74) is 0. The van der Waals surface area contributed by atoms with Gasteiger partial charge in [0, 0.05) is 12.3 Å². The zero-order chi connectivity index (χ0) is 10.2. The zero-order valence-corrected chi connectivity index (χ0v) is 9.50. The summed E-state index contributed by atoms with van der Waals surface area (Å²) in [7, 11) is 0. The van der Waals surface area contributed by atoms with Gasteiger partial charge in [0.25, 0.3) is 0 Å². The highest BCUT2D eigenvalue weighted by atomic mass is 16.1. The van der Waals surface area contributed by atoms with Crippen molar-refractivity contribution in [3.63, 3.8) is 0 Å². The van der Waals surface area contributed by atoms with Gasteiger partial charge >= 0.3 is 0 Å². The Morgan fingerprint density at radius 3 is 2.00 bits per heavy atom. The smallest absolute Gasteiger partial charge is 0.136 e. The van der Waals surface area contributed by atoms with Crippen molar-refractivity contribution in [3.8, 4) is 0 Å². The van der Waals surface area contributed by atoms with Crippen molar-refractivity contribution < 1.29 is 4.79 Å². The van der Waals surface area contributed by atoms with E-state index >= 15 is 0 Å². The van der Waals surface area contributed by atoms with Crippen molar-refractivity contribution in [3.05, 3.63) is 0 Å². The first kappa shape index (κ1) is 10.7. The van der Waals surface area contributed by atoms with Crippen LogP contribution < -0.4 is 0 Å². The summed E-state index contributed by atoms with van der Waals surface area (Å²) in [6.45, 7) is 11.1. The second-order valence-electron chi connectivity index (χ2n) is 5.19. The number of carbonyl (C=O) groups is 1. The molecule has 0 aromatic rings. The lowest BCUT2D eigenvalue weighted by molar-refractivity contribution is -0.121. The van der Waals surface area contributed by atoms with Gasteiger partial charge in [-0.25, -0.2) is 0 Å². The normalized spacial score (nSPS) is 35.0. The number of carbonyl (C=O) groups excluding carboxylic acids is 1. The highest BCUT2D eigenvalue weighted by Gasteiger charge is 2.41. The van der Waals surface area contributed by atoms with Gasteiger partial charge in [-0.15, -0.1) is 0 Å². The van der Waals surface area contributed by atoms with Gasteiger partial charge in [0.1, 0.15) is 5.78 Å². The van der Waals surface area contributed by atoms with Gasteiger partial charge in [-0.3, -0.25) is 4.79 Å². The molecule has 1 nitrogen and oxygen atoms in total. The molecule has 0 aliphatic heterocycles. The fourth-order valence-electron chi connectivity index (χ4n) is 2.89. The SMILES string of the molecule is CC(C)[C@H]1[C@@H](C(C)C)CC(=O)[C@@H]1C. The Hall–Kier alpha value is -0.330. The van der Waals surface area contributed by atoms with Gasteiger partial charge in [0.05, 0.1) is 0 Å². The zero-order valence-electron chi connectivity index (χ0n) is 9.50. The maximum absolute atomic E-state index is 11.6. The standard InChI is InChI=1S/C12H22O/c1-7(2)10-6-11(13)9(5)12(10)8(3)4/h7-10,12H,6H2,1-5H3/t9-,10+,12+/m0/s1. The monoisotopic (exact) mass is 182 g/mol. The van der Waals surface area contributed by atoms with E-state index in [0.717, 1.165) is 6.42 Å². The molecule has 0 aromatic heterocycles. The Balaban J connectivity index is 2.80. The minimum atomic E-state index is 0.299. The number of rotatable bonds is 2. The van der Waals surface area contributed by atoms with Crippen LogP contribution in [0.25, 0.3) is 0 Å². The molecule has 1 aliphatic rings. The molecule has 3 atom stereocenters. The van der Waals surface area contributed by atoms with Gasteiger partial charge in [-0.2, -0.15) is 0 Å². The van der Waals surface area contributed by atoms with Crippen LogP contribution in [-0.4, -0.2) is 5.78 Å². The summed E-state index contributed by atoms with van der Waals surface area (Å²) >= 11 is 0. The predicted octanol–water partition coefficient (Wildman–Crippen LogP) is 3.14. The van der Waals surface area contributed by atoms with Gasteiger partial charge in [0.2, 0.25) is 0 Å². The van der Waals surface area contributed by atoms with Crippen LogP contribution in [0.15, 0.2) is 0 Å². The van der Waals surface area contributed by atoms with Crippen molar-refractivity contribution in [2.45, 2.75) is 41.0 Å². The van der Waals surface area contributed by atoms with Crippen molar-refractivity contribution in [1.82, 2.24) is 0 Å². The topological polar surface area (TPSA) is 17.1 Å². The summed E-state index contributed by atoms with van der Waals surface area (Å²) in [5.74, 6) is 3.33. The van der Waals surface area contributed by atoms with Crippen molar-refractivity contribution in [2.24, 2.45) is 29.6 Å². The summed E-state index contributed by atoms with van der Waals surface area (Å²) < 4.78 is 0. The number of ketones is 1. The summed E-state index contributed by atoms with van der Waals surface area (Å²) in [6.07, 6.45) is 0.821. The molecular formula is C12H22O. The molecule has 0 heterocycles. The van der Waals surface area contributed by atoms with Gasteiger partial charge in [-0.05, 0) is 23.7 Å². The fourth-order valence-corrected chi connectivity index (χ4v) is 2.89. The minimum absolute atomic E-state index is 0.299. The third-order valence-corrected chi connectivity index (χ3v) is 3.64. The molecule has 0 spiro atoms. The lowest BCUT2D eigenvalue weighted by atomic mass is 9.76. The van der Waals surface area contributed by atoms with E-state index < -0.39 is 0 Å². The molecule has 1 fully saturated rings. The molecule has 13 heavy (non-hydrogen) atoms. The van der Waals surface area contributed by atoms with E-state index in [0.29, 0.717) is 35.4 Å². The van der Waals surface area contributed by atoms with E-state index in [2.05, 4.69) is 34.6 Å². The molecule has 0 radical (unpaired) electrons. The maximum Gasteiger partial charge on any atom is 0.136 e. The summed E-state index contributed by atoms with van der Waals surface area (Å²) in [5, 5.41) is 0. The fraction of sp³-hybridized carbons (Fsp3) is 0.917. The van der Waals surface area contributed by atoms with Gasteiger partial charge in [-0.1, -0.05) is 34.6 Å². The van der Waals surface area contributed by atoms with Crippen LogP contribution in [0, 0.1) is 29.6 Å². The third-order valence-electron chi connectivity index (χ3n) is 3.64. The Morgan fingerprint density at radius 2 is 1.69 bits per heavy atom. The lowest BCUT2D eigenvalue weighted by Crippen LogP contribution is -2.23. The Morgan fingerprint density at radius 1 is 1.15 bits per heavy atom. The minimum Gasteiger partial charge on any atom is -0.299 e. The quantitative estimate of drug-likeness (QED) is 0.641. The van der Waals surface area contributed by atoms with Crippen LogP contribution in [0.5, 0.6) is 0 Å². The molecule has 0 unspecified atom stereocenters. The number of hydrogen-bond donors (Lipinski definition) is 0. The van der Waals surface area contributed by atoms with Crippen molar-refractivity contribution in [1.29, 1.82) is 0 Å². The first-order valence-electron chi connectivity index (χ1n) is 5.47. The Kier molecular flexibility index (Phi) is 3.15. The van der Waals surface area contributed by atoms with Crippen LogP contribution in [-0.2, 0) is 4.79 Å². The Labute approximate surface area is 81.9 Å². The molecule has 0 bridgehead atoms. The summed E-state index contributed by atoms with van der Waals surface area (Å²) in [4.78, 5) is 11.6. The number of Topliss-reactive ketones (excluding diaryl/α,β-unsaturated/α-hetero) is 1. The molecule has 0 saturated heterocycles. The third kappa shape index (κ3) is 1.95. The molecular weight excluding hydrogens is 160 g/mol. The molecule has 0 amide bonds. The van der Waals surface area contributed by atoms with Crippen molar-refractivity contribution in [2.75, 3.05) is 0 Å². The molecule has 1 saturated carbocycles. The molecule has 0 aromatic carbocycles. The van der Waals surface area contributed by atoms with Crippen LogP contribution >= 0.6 is 0 Å². The average Bonchev–Trinajstić information content (AvgIpc) is 2.28. The highest BCUT2D eigenvalue weighted by Crippen LogP contribution is 2.42. The van der Waals surface area contributed by atoms with Crippen LogP contribution in [0.4, 0.5) is 0 Å². The lowest BCUT2D eigenvalue weighted by Gasteiger charge is -2.28. The van der Waals surface area contributed by atoms with Crippen LogP contribution in [0.2, 0.25) is 0 Å². The van der Waals surface area contributed by atoms with Gasteiger partial charge in [0.15, 0.2) is 0 Å². The largest absolute Gasteiger partial charge is 0.299 e. The molecule has 1 heteroatoms. The summed E-state index contributed by atoms with van der Waals surface area (Å²) in [6, 6.07) is 0. The van der Waals surface area contributed by atoms with E-state index in [1.54, 1.807) is 0 Å². The van der Waals surface area contributed by atoms with E-state index in [9.17, 15) is 4.79 Å². The van der Waals surface area contributed by atoms with Crippen molar-refractivity contribution >= 4 is 5.78 Å². The van der Waals surface area contributed by atoms with Gasteiger partial charge < -0.3 is 0 Å². The van der Waals surface area contributed by atoms with E-state index in [4.69, 9.17) is 0 Å². The molecule has 1 aliphatic carbocycles. The second kappa shape index (κ2) is 3.81. The molecule has 0 N–H and O–H groups in total. The molecule has 1 rings (SSSR count). The number of hydrogen-bond acceptors (Lipinski definition) is 1. The second-order valence-corrected chi connectivity index (χ2v) is 5.19.